The van der Waals surface area contributed by atoms with E-state index in [0.717, 1.165) is 5.56 Å². The molecule has 2 aromatic rings. The van der Waals surface area contributed by atoms with Crippen LogP contribution < -0.4 is 5.73 Å². The second-order valence-corrected chi connectivity index (χ2v) is 4.83. The molecule has 0 amide bonds. The lowest BCUT2D eigenvalue weighted by Gasteiger charge is -2.08. The van der Waals surface area contributed by atoms with E-state index in [1.165, 1.54) is 0 Å². The lowest BCUT2D eigenvalue weighted by atomic mass is 10.2. The van der Waals surface area contributed by atoms with Gasteiger partial charge in [-0.05, 0) is 19.1 Å². The number of aromatic nitrogens is 2. The average molecular weight is 291 g/mol. The Balaban J connectivity index is 2.41. The van der Waals surface area contributed by atoms with Crippen LogP contribution in [-0.4, -0.2) is 9.78 Å². The zero-order valence-corrected chi connectivity index (χ0v) is 11.3. The molecule has 0 saturated carbocycles. The van der Waals surface area contributed by atoms with Crippen molar-refractivity contribution in [1.29, 1.82) is 0 Å². The molecule has 0 fully saturated rings. The van der Waals surface area contributed by atoms with Gasteiger partial charge in [-0.15, -0.1) is 0 Å². The van der Waals surface area contributed by atoms with E-state index in [1.54, 1.807) is 29.8 Å². The highest BCUT2D eigenvalue weighted by molar-refractivity contribution is 6.36. The fourth-order valence-electron chi connectivity index (χ4n) is 1.53. The van der Waals surface area contributed by atoms with E-state index in [4.69, 9.17) is 40.5 Å². The van der Waals surface area contributed by atoms with Crippen LogP contribution >= 0.6 is 34.8 Å². The Bertz CT molecular complexity index is 543. The maximum absolute atomic E-state index is 6.08. The zero-order valence-electron chi connectivity index (χ0n) is 9.04. The normalized spacial score (nSPS) is 10.8. The molecule has 90 valence electrons. The van der Waals surface area contributed by atoms with Gasteiger partial charge in [0.15, 0.2) is 0 Å². The van der Waals surface area contributed by atoms with E-state index in [0.29, 0.717) is 33.1 Å². The quantitative estimate of drug-likeness (QED) is 0.914. The van der Waals surface area contributed by atoms with E-state index in [2.05, 4.69) is 5.10 Å². The van der Waals surface area contributed by atoms with Crippen molar-refractivity contribution in [3.8, 4) is 0 Å². The van der Waals surface area contributed by atoms with Gasteiger partial charge in [-0.25, -0.2) is 4.68 Å². The average Bonchev–Trinajstić information content (AvgIpc) is 2.52. The first-order valence-corrected chi connectivity index (χ1v) is 6.05. The summed E-state index contributed by atoms with van der Waals surface area (Å²) in [5, 5.41) is 5.86. The standard InChI is InChI=1S/C11H10Cl3N3/c1-6-10(14)11(15)17(16-6)5-7-8(12)3-2-4-9(7)13/h2-4H,5,15H2,1H3. The number of aryl methyl sites for hydroxylation is 1. The summed E-state index contributed by atoms with van der Waals surface area (Å²) in [6, 6.07) is 5.34. The highest BCUT2D eigenvalue weighted by Crippen LogP contribution is 2.28. The topological polar surface area (TPSA) is 43.8 Å². The Labute approximate surface area is 114 Å². The fraction of sp³-hybridized carbons (Fsp3) is 0.182. The van der Waals surface area contributed by atoms with Crippen molar-refractivity contribution in [3.05, 3.63) is 44.5 Å². The van der Waals surface area contributed by atoms with E-state index in [-0.39, 0.29) is 0 Å². The molecule has 0 aliphatic carbocycles. The van der Waals surface area contributed by atoms with Gasteiger partial charge in [0.1, 0.15) is 10.8 Å². The van der Waals surface area contributed by atoms with Crippen molar-refractivity contribution >= 4 is 40.6 Å². The van der Waals surface area contributed by atoms with Crippen LogP contribution in [-0.2, 0) is 6.54 Å². The van der Waals surface area contributed by atoms with Gasteiger partial charge in [0, 0.05) is 15.6 Å². The number of benzene rings is 1. The van der Waals surface area contributed by atoms with Crippen LogP contribution in [0.1, 0.15) is 11.3 Å². The SMILES string of the molecule is Cc1nn(Cc2c(Cl)cccc2Cl)c(N)c1Cl. The molecule has 1 heterocycles. The van der Waals surface area contributed by atoms with Crippen molar-refractivity contribution < 1.29 is 0 Å². The first-order valence-electron chi connectivity index (χ1n) is 4.92. The highest BCUT2D eigenvalue weighted by atomic mass is 35.5. The van der Waals surface area contributed by atoms with E-state index in [1.807, 2.05) is 0 Å². The number of halogens is 3. The Morgan fingerprint density at radius 2 is 1.82 bits per heavy atom. The van der Waals surface area contributed by atoms with Crippen molar-refractivity contribution in [2.75, 3.05) is 5.73 Å². The van der Waals surface area contributed by atoms with Crippen molar-refractivity contribution in [1.82, 2.24) is 9.78 Å². The van der Waals surface area contributed by atoms with E-state index in [9.17, 15) is 0 Å². The zero-order chi connectivity index (χ0) is 12.6. The number of anilines is 1. The fourth-order valence-corrected chi connectivity index (χ4v) is 2.18. The number of nitrogens with zero attached hydrogens (tertiary/aromatic N) is 2. The molecule has 3 nitrogen and oxygen atoms in total. The third-order valence-electron chi connectivity index (χ3n) is 2.46. The van der Waals surface area contributed by atoms with Gasteiger partial charge in [0.2, 0.25) is 0 Å². The molecule has 1 aromatic heterocycles. The van der Waals surface area contributed by atoms with Crippen LogP contribution in [0.5, 0.6) is 0 Å². The van der Waals surface area contributed by atoms with Gasteiger partial charge >= 0.3 is 0 Å². The molecule has 0 saturated heterocycles. The van der Waals surface area contributed by atoms with Crippen LogP contribution in [0, 0.1) is 6.92 Å². The lowest BCUT2D eigenvalue weighted by Crippen LogP contribution is -2.07. The Hall–Kier alpha value is -0.900. The van der Waals surface area contributed by atoms with Crippen molar-refractivity contribution in [2.45, 2.75) is 13.5 Å². The molecule has 17 heavy (non-hydrogen) atoms. The maximum Gasteiger partial charge on any atom is 0.141 e. The molecule has 0 atom stereocenters. The molecule has 1 aromatic carbocycles. The molecule has 6 heteroatoms. The molecule has 0 spiro atoms. The second-order valence-electron chi connectivity index (χ2n) is 3.64. The first kappa shape index (κ1) is 12.6. The summed E-state index contributed by atoms with van der Waals surface area (Å²) in [7, 11) is 0. The van der Waals surface area contributed by atoms with Gasteiger partial charge in [0.05, 0.1) is 12.2 Å². The smallest absolute Gasteiger partial charge is 0.141 e. The first-order chi connectivity index (χ1) is 8.00. The molecular formula is C11H10Cl3N3. The Morgan fingerprint density at radius 3 is 2.29 bits per heavy atom. The minimum atomic E-state index is 0.401. The summed E-state index contributed by atoms with van der Waals surface area (Å²) in [6.07, 6.45) is 0. The van der Waals surface area contributed by atoms with Gasteiger partial charge < -0.3 is 5.73 Å². The summed E-state index contributed by atoms with van der Waals surface area (Å²) in [4.78, 5) is 0. The highest BCUT2D eigenvalue weighted by Gasteiger charge is 2.13. The Kier molecular flexibility index (Phi) is 3.52. The summed E-state index contributed by atoms with van der Waals surface area (Å²) in [5.41, 5.74) is 7.30. The molecule has 0 aliphatic heterocycles. The molecule has 2 N–H and O–H groups in total. The minimum absolute atomic E-state index is 0.401. The lowest BCUT2D eigenvalue weighted by molar-refractivity contribution is 0.689. The third-order valence-corrected chi connectivity index (χ3v) is 3.64. The van der Waals surface area contributed by atoms with Gasteiger partial charge in [0.25, 0.3) is 0 Å². The third kappa shape index (κ3) is 2.37. The molecule has 0 radical (unpaired) electrons. The Morgan fingerprint density at radius 1 is 1.24 bits per heavy atom. The van der Waals surface area contributed by atoms with Crippen LogP contribution in [0.15, 0.2) is 18.2 Å². The molecule has 2 rings (SSSR count). The second kappa shape index (κ2) is 4.77. The van der Waals surface area contributed by atoms with Crippen LogP contribution in [0.25, 0.3) is 0 Å². The van der Waals surface area contributed by atoms with Crippen LogP contribution in [0.4, 0.5) is 5.82 Å². The van der Waals surface area contributed by atoms with Gasteiger partial charge in [-0.1, -0.05) is 40.9 Å². The molecule has 0 unspecified atom stereocenters. The molecule has 0 bridgehead atoms. The monoisotopic (exact) mass is 289 g/mol. The summed E-state index contributed by atoms with van der Waals surface area (Å²) < 4.78 is 1.59. The number of nitrogens with two attached hydrogens (primary N) is 1. The molecule has 0 aliphatic rings. The van der Waals surface area contributed by atoms with Crippen molar-refractivity contribution in [3.63, 3.8) is 0 Å². The van der Waals surface area contributed by atoms with Crippen molar-refractivity contribution in [2.24, 2.45) is 0 Å². The number of nitrogen functional groups attached to an aromatic ring is 1. The predicted octanol–water partition coefficient (Wildman–Crippen LogP) is 3.78. The van der Waals surface area contributed by atoms with E-state index >= 15 is 0 Å². The van der Waals surface area contributed by atoms with Gasteiger partial charge in [-0.3, -0.25) is 0 Å². The van der Waals surface area contributed by atoms with Gasteiger partial charge in [-0.2, -0.15) is 5.10 Å². The van der Waals surface area contributed by atoms with Crippen LogP contribution in [0.2, 0.25) is 15.1 Å². The number of hydrogen-bond donors (Lipinski definition) is 1. The number of rotatable bonds is 2. The number of hydrogen-bond acceptors (Lipinski definition) is 2. The summed E-state index contributed by atoms with van der Waals surface area (Å²) >= 11 is 18.1. The van der Waals surface area contributed by atoms with E-state index < -0.39 is 0 Å². The van der Waals surface area contributed by atoms with Crippen LogP contribution in [0.3, 0.4) is 0 Å². The largest absolute Gasteiger partial charge is 0.383 e. The maximum atomic E-state index is 6.08. The predicted molar refractivity (Wildman–Crippen MR) is 72.0 cm³/mol. The summed E-state index contributed by atoms with van der Waals surface area (Å²) in [5.74, 6) is 0.417. The molecular weight excluding hydrogens is 281 g/mol. The summed E-state index contributed by atoms with van der Waals surface area (Å²) in [6.45, 7) is 2.20. The minimum Gasteiger partial charge on any atom is -0.383 e.